The number of piperidine rings is 1. The number of likely N-dealkylation sites (N-methyl/N-ethyl adjacent to an activating group) is 1. The van der Waals surface area contributed by atoms with Gasteiger partial charge in [0.1, 0.15) is 6.04 Å². The molecule has 0 saturated carbocycles. The van der Waals surface area contributed by atoms with Gasteiger partial charge in [0.25, 0.3) is 0 Å². The maximum Gasteiger partial charge on any atom is 0.324 e. The van der Waals surface area contributed by atoms with Crippen molar-refractivity contribution in [2.75, 3.05) is 47.4 Å². The molecule has 1 heterocycles. The van der Waals surface area contributed by atoms with Crippen LogP contribution in [0.15, 0.2) is 0 Å². The van der Waals surface area contributed by atoms with E-state index in [9.17, 15) is 4.79 Å². The van der Waals surface area contributed by atoms with Gasteiger partial charge >= 0.3 is 5.97 Å². The summed E-state index contributed by atoms with van der Waals surface area (Å²) in [6.07, 6.45) is 3.47. The Bertz CT molecular complexity index is 271. The number of carbonyl (C=O) groups excluding carboxylic acids is 1. The van der Waals surface area contributed by atoms with Crippen molar-refractivity contribution in [1.82, 2.24) is 15.1 Å². The first-order valence-corrected chi connectivity index (χ1v) is 7.28. The maximum absolute atomic E-state index is 11.8. The van der Waals surface area contributed by atoms with Gasteiger partial charge in [0.2, 0.25) is 0 Å². The second-order valence-electron chi connectivity index (χ2n) is 5.55. The summed E-state index contributed by atoms with van der Waals surface area (Å²) in [6.45, 7) is 5.81. The summed E-state index contributed by atoms with van der Waals surface area (Å²) in [6, 6.07) is 0.393. The minimum Gasteiger partial charge on any atom is -0.468 e. The van der Waals surface area contributed by atoms with E-state index in [4.69, 9.17) is 4.74 Å². The van der Waals surface area contributed by atoms with E-state index in [0.29, 0.717) is 6.04 Å². The molecule has 1 aliphatic rings. The van der Waals surface area contributed by atoms with Crippen molar-refractivity contribution >= 4 is 5.97 Å². The Morgan fingerprint density at radius 2 is 2.26 bits per heavy atom. The minimum absolute atomic E-state index is 0.152. The molecule has 2 unspecified atom stereocenters. The number of likely N-dealkylation sites (tertiary alicyclic amines) is 1. The van der Waals surface area contributed by atoms with Crippen LogP contribution in [0.2, 0.25) is 0 Å². The molecule has 5 nitrogen and oxygen atoms in total. The Kier molecular flexibility index (Phi) is 7.34. The third-order valence-corrected chi connectivity index (χ3v) is 3.78. The SMILES string of the molecule is CCCNC(CN1CCCC(N(C)C)C1)C(=O)OC. The lowest BCUT2D eigenvalue weighted by atomic mass is 10.0. The van der Waals surface area contributed by atoms with Gasteiger partial charge in [0, 0.05) is 19.1 Å². The Morgan fingerprint density at radius 3 is 2.84 bits per heavy atom. The van der Waals surface area contributed by atoms with Crippen LogP contribution in [0.1, 0.15) is 26.2 Å². The molecule has 0 aliphatic carbocycles. The summed E-state index contributed by atoms with van der Waals surface area (Å²) < 4.78 is 4.89. The van der Waals surface area contributed by atoms with Crippen molar-refractivity contribution in [3.63, 3.8) is 0 Å². The van der Waals surface area contributed by atoms with E-state index in [-0.39, 0.29) is 12.0 Å². The van der Waals surface area contributed by atoms with E-state index in [2.05, 4.69) is 36.1 Å². The number of nitrogens with zero attached hydrogens (tertiary/aromatic N) is 2. The van der Waals surface area contributed by atoms with Gasteiger partial charge in [-0.1, -0.05) is 6.92 Å². The van der Waals surface area contributed by atoms with Gasteiger partial charge in [-0.05, 0) is 46.4 Å². The predicted octanol–water partition coefficient (Wildman–Crippen LogP) is 0.554. The van der Waals surface area contributed by atoms with Crippen LogP contribution in [-0.4, -0.2) is 75.2 Å². The minimum atomic E-state index is -0.203. The van der Waals surface area contributed by atoms with Gasteiger partial charge in [0.15, 0.2) is 0 Å². The van der Waals surface area contributed by atoms with E-state index in [0.717, 1.165) is 32.6 Å². The van der Waals surface area contributed by atoms with Gasteiger partial charge < -0.3 is 15.0 Å². The van der Waals surface area contributed by atoms with Gasteiger partial charge in [-0.25, -0.2) is 0 Å². The number of methoxy groups -OCH3 is 1. The molecule has 1 N–H and O–H groups in total. The maximum atomic E-state index is 11.8. The first-order chi connectivity index (χ1) is 9.08. The van der Waals surface area contributed by atoms with Crippen LogP contribution in [0, 0.1) is 0 Å². The molecule has 5 heteroatoms. The lowest BCUT2D eigenvalue weighted by Gasteiger charge is -2.37. The van der Waals surface area contributed by atoms with Crippen LogP contribution in [0.5, 0.6) is 0 Å². The molecule has 0 aromatic carbocycles. The fourth-order valence-electron chi connectivity index (χ4n) is 2.56. The van der Waals surface area contributed by atoms with Crippen LogP contribution in [0.25, 0.3) is 0 Å². The highest BCUT2D eigenvalue weighted by molar-refractivity contribution is 5.75. The zero-order valence-electron chi connectivity index (χ0n) is 12.8. The highest BCUT2D eigenvalue weighted by Gasteiger charge is 2.26. The number of hydrogen-bond donors (Lipinski definition) is 1. The number of ether oxygens (including phenoxy) is 1. The molecular weight excluding hydrogens is 242 g/mol. The van der Waals surface area contributed by atoms with E-state index < -0.39 is 0 Å². The molecule has 0 radical (unpaired) electrons. The molecule has 1 saturated heterocycles. The molecule has 19 heavy (non-hydrogen) atoms. The summed E-state index contributed by atoms with van der Waals surface area (Å²) in [7, 11) is 5.71. The van der Waals surface area contributed by atoms with Crippen molar-refractivity contribution < 1.29 is 9.53 Å². The first-order valence-electron chi connectivity index (χ1n) is 7.28. The van der Waals surface area contributed by atoms with E-state index in [1.165, 1.54) is 20.0 Å². The molecule has 112 valence electrons. The van der Waals surface area contributed by atoms with Gasteiger partial charge in [-0.3, -0.25) is 9.69 Å². The normalized spacial score (nSPS) is 22.5. The molecule has 0 amide bonds. The summed E-state index contributed by atoms with van der Waals surface area (Å²) in [4.78, 5) is 16.4. The van der Waals surface area contributed by atoms with Crippen LogP contribution in [-0.2, 0) is 9.53 Å². The van der Waals surface area contributed by atoms with Crippen LogP contribution in [0.3, 0.4) is 0 Å². The van der Waals surface area contributed by atoms with E-state index >= 15 is 0 Å². The first kappa shape index (κ1) is 16.4. The topological polar surface area (TPSA) is 44.8 Å². The number of rotatable bonds is 7. The Labute approximate surface area is 117 Å². The average molecular weight is 271 g/mol. The van der Waals surface area contributed by atoms with E-state index in [1.807, 2.05) is 0 Å². The Balaban J connectivity index is 2.50. The summed E-state index contributed by atoms with van der Waals surface area (Å²) in [5.41, 5.74) is 0. The largest absolute Gasteiger partial charge is 0.468 e. The average Bonchev–Trinajstić information content (AvgIpc) is 2.42. The smallest absolute Gasteiger partial charge is 0.324 e. The predicted molar refractivity (Wildman–Crippen MR) is 77.2 cm³/mol. The second-order valence-corrected chi connectivity index (χ2v) is 5.55. The lowest BCUT2D eigenvalue weighted by Crippen LogP contribution is -2.52. The Morgan fingerprint density at radius 1 is 1.53 bits per heavy atom. The zero-order chi connectivity index (χ0) is 14.3. The number of nitrogens with one attached hydrogen (secondary N) is 1. The zero-order valence-corrected chi connectivity index (χ0v) is 12.8. The fraction of sp³-hybridized carbons (Fsp3) is 0.929. The number of hydrogen-bond acceptors (Lipinski definition) is 5. The monoisotopic (exact) mass is 271 g/mol. The third-order valence-electron chi connectivity index (χ3n) is 3.78. The van der Waals surface area contributed by atoms with Crippen LogP contribution < -0.4 is 5.32 Å². The molecule has 1 fully saturated rings. The number of carbonyl (C=O) groups is 1. The molecule has 0 aromatic heterocycles. The van der Waals surface area contributed by atoms with Gasteiger partial charge in [-0.2, -0.15) is 0 Å². The van der Waals surface area contributed by atoms with Crippen molar-refractivity contribution in [3.05, 3.63) is 0 Å². The second kappa shape index (κ2) is 8.51. The van der Waals surface area contributed by atoms with Crippen molar-refractivity contribution in [1.29, 1.82) is 0 Å². The lowest BCUT2D eigenvalue weighted by molar-refractivity contribution is -0.143. The molecule has 2 atom stereocenters. The van der Waals surface area contributed by atoms with Crippen LogP contribution in [0.4, 0.5) is 0 Å². The van der Waals surface area contributed by atoms with Crippen LogP contribution >= 0.6 is 0 Å². The van der Waals surface area contributed by atoms with Crippen molar-refractivity contribution in [3.8, 4) is 0 Å². The Hall–Kier alpha value is -0.650. The highest BCUT2D eigenvalue weighted by Crippen LogP contribution is 2.14. The molecule has 0 bridgehead atoms. The molecule has 1 aliphatic heterocycles. The molecular formula is C14H29N3O2. The summed E-state index contributed by atoms with van der Waals surface area (Å²) in [5.74, 6) is -0.152. The van der Waals surface area contributed by atoms with Crippen molar-refractivity contribution in [2.24, 2.45) is 0 Å². The van der Waals surface area contributed by atoms with Gasteiger partial charge in [0.05, 0.1) is 7.11 Å². The quantitative estimate of drug-likeness (QED) is 0.685. The molecule has 0 aromatic rings. The fourth-order valence-corrected chi connectivity index (χ4v) is 2.56. The summed E-state index contributed by atoms with van der Waals surface area (Å²) >= 11 is 0. The molecule has 0 spiro atoms. The highest BCUT2D eigenvalue weighted by atomic mass is 16.5. The summed E-state index contributed by atoms with van der Waals surface area (Å²) in [5, 5.41) is 3.28. The molecule has 1 rings (SSSR count). The van der Waals surface area contributed by atoms with Gasteiger partial charge in [-0.15, -0.1) is 0 Å². The van der Waals surface area contributed by atoms with E-state index in [1.54, 1.807) is 0 Å². The third kappa shape index (κ3) is 5.47. The standard InChI is InChI=1S/C14H29N3O2/c1-5-8-15-13(14(18)19-4)11-17-9-6-7-12(10-17)16(2)3/h12-13,15H,5-11H2,1-4H3. The van der Waals surface area contributed by atoms with Crippen molar-refractivity contribution in [2.45, 2.75) is 38.3 Å². The number of esters is 1.